The van der Waals surface area contributed by atoms with Crippen LogP contribution in [0.2, 0.25) is 5.02 Å². The van der Waals surface area contributed by atoms with E-state index in [9.17, 15) is 17.6 Å². The van der Waals surface area contributed by atoms with Gasteiger partial charge >= 0.3 is 0 Å². The number of sulfonamides is 1. The fourth-order valence-corrected chi connectivity index (χ4v) is 2.07. The van der Waals surface area contributed by atoms with Crippen LogP contribution in [0.5, 0.6) is 0 Å². The zero-order valence-electron chi connectivity index (χ0n) is 9.32. The van der Waals surface area contributed by atoms with Gasteiger partial charge in [0, 0.05) is 6.54 Å². The second-order valence-corrected chi connectivity index (χ2v) is 5.71. The molecule has 18 heavy (non-hydrogen) atoms. The van der Waals surface area contributed by atoms with Crippen LogP contribution in [0, 0.1) is 5.82 Å². The monoisotopic (exact) mass is 294 g/mol. The van der Waals surface area contributed by atoms with E-state index >= 15 is 0 Å². The molecule has 0 aliphatic heterocycles. The summed E-state index contributed by atoms with van der Waals surface area (Å²) < 4.78 is 34.6. The van der Waals surface area contributed by atoms with E-state index in [1.807, 2.05) is 0 Å². The first-order valence-electron chi connectivity index (χ1n) is 5.04. The summed E-state index contributed by atoms with van der Waals surface area (Å²) >= 11 is 5.69. The van der Waals surface area contributed by atoms with Crippen LogP contribution in [0.1, 0.15) is 16.8 Å². The van der Waals surface area contributed by atoms with Gasteiger partial charge in [-0.25, -0.2) is 17.9 Å². The summed E-state index contributed by atoms with van der Waals surface area (Å²) in [7, 11) is -3.55. The molecule has 1 amide bonds. The number of hydrogen-bond acceptors (Lipinski definition) is 3. The summed E-state index contributed by atoms with van der Waals surface area (Å²) in [6.07, 6.45) is 0.149. The third kappa shape index (κ3) is 4.59. The lowest BCUT2D eigenvalue weighted by Crippen LogP contribution is -2.28. The second kappa shape index (κ2) is 6.12. The molecule has 1 rings (SSSR count). The van der Waals surface area contributed by atoms with Crippen molar-refractivity contribution in [3.8, 4) is 0 Å². The number of primary sulfonamides is 1. The maximum Gasteiger partial charge on any atom is 0.255 e. The smallest absolute Gasteiger partial charge is 0.255 e. The minimum atomic E-state index is -3.55. The molecule has 0 heterocycles. The van der Waals surface area contributed by atoms with Crippen LogP contribution in [0.25, 0.3) is 0 Å². The molecule has 0 saturated carbocycles. The summed E-state index contributed by atoms with van der Waals surface area (Å²) in [4.78, 5) is 11.6. The van der Waals surface area contributed by atoms with E-state index in [2.05, 4.69) is 5.32 Å². The van der Waals surface area contributed by atoms with E-state index in [0.717, 1.165) is 6.07 Å². The van der Waals surface area contributed by atoms with Crippen LogP contribution in [0.4, 0.5) is 4.39 Å². The zero-order chi connectivity index (χ0) is 13.8. The quantitative estimate of drug-likeness (QED) is 0.790. The number of nitrogens with two attached hydrogens (primary N) is 1. The highest BCUT2D eigenvalue weighted by atomic mass is 35.5. The lowest BCUT2D eigenvalue weighted by molar-refractivity contribution is 0.0950. The van der Waals surface area contributed by atoms with Crippen molar-refractivity contribution in [2.24, 2.45) is 5.14 Å². The molecule has 8 heteroatoms. The minimum Gasteiger partial charge on any atom is -0.352 e. The highest BCUT2D eigenvalue weighted by molar-refractivity contribution is 7.89. The van der Waals surface area contributed by atoms with E-state index < -0.39 is 21.7 Å². The van der Waals surface area contributed by atoms with Gasteiger partial charge in [0.2, 0.25) is 10.0 Å². The second-order valence-electron chi connectivity index (χ2n) is 3.57. The Bertz CT molecular complexity index is 528. The summed E-state index contributed by atoms with van der Waals surface area (Å²) in [6.45, 7) is 0.0694. The van der Waals surface area contributed by atoms with Crippen LogP contribution >= 0.6 is 11.6 Å². The summed E-state index contributed by atoms with van der Waals surface area (Å²) in [5.74, 6) is -1.67. The topological polar surface area (TPSA) is 89.3 Å². The van der Waals surface area contributed by atoms with Crippen LogP contribution in [-0.4, -0.2) is 26.6 Å². The van der Waals surface area contributed by atoms with Crippen molar-refractivity contribution in [2.45, 2.75) is 6.42 Å². The Morgan fingerprint density at radius 1 is 1.44 bits per heavy atom. The van der Waals surface area contributed by atoms with Gasteiger partial charge in [-0.15, -0.1) is 0 Å². The standard InChI is InChI=1S/C10H12ClFN2O3S/c11-7-3-1-4-8(12)9(7)10(15)14-5-2-6-18(13,16)17/h1,3-4H,2,5-6H2,(H,14,15)(H2,13,16,17). The van der Waals surface area contributed by atoms with E-state index in [0.29, 0.717) is 0 Å². The van der Waals surface area contributed by atoms with Crippen molar-refractivity contribution in [1.29, 1.82) is 0 Å². The van der Waals surface area contributed by atoms with Gasteiger partial charge in [0.1, 0.15) is 5.82 Å². The lowest BCUT2D eigenvalue weighted by Gasteiger charge is -2.07. The summed E-state index contributed by atoms with van der Waals surface area (Å²) in [6, 6.07) is 3.89. The molecule has 0 saturated heterocycles. The van der Waals surface area contributed by atoms with Crippen molar-refractivity contribution in [1.82, 2.24) is 5.32 Å². The first kappa shape index (κ1) is 14.9. The molecule has 0 unspecified atom stereocenters. The van der Waals surface area contributed by atoms with Gasteiger partial charge in [0.15, 0.2) is 0 Å². The number of halogens is 2. The molecule has 0 aliphatic rings. The average Bonchev–Trinajstić information content (AvgIpc) is 2.23. The van der Waals surface area contributed by atoms with E-state index in [4.69, 9.17) is 16.7 Å². The molecule has 1 aromatic carbocycles. The van der Waals surface area contributed by atoms with Crippen LogP contribution < -0.4 is 10.5 Å². The number of hydrogen-bond donors (Lipinski definition) is 2. The molecule has 0 fully saturated rings. The van der Waals surface area contributed by atoms with Crippen molar-refractivity contribution in [2.75, 3.05) is 12.3 Å². The highest BCUT2D eigenvalue weighted by Gasteiger charge is 2.15. The molecule has 1 aromatic rings. The van der Waals surface area contributed by atoms with Gasteiger partial charge in [0.05, 0.1) is 16.3 Å². The molecular formula is C10H12ClFN2O3S. The zero-order valence-corrected chi connectivity index (χ0v) is 10.9. The fourth-order valence-electron chi connectivity index (χ4n) is 1.28. The largest absolute Gasteiger partial charge is 0.352 e. The van der Waals surface area contributed by atoms with Crippen LogP contribution in [-0.2, 0) is 10.0 Å². The average molecular weight is 295 g/mol. The Hall–Kier alpha value is -1.18. The first-order chi connectivity index (χ1) is 8.31. The SMILES string of the molecule is NS(=O)(=O)CCCNC(=O)c1c(F)cccc1Cl. The predicted molar refractivity (Wildman–Crippen MR) is 66.3 cm³/mol. The molecule has 0 aliphatic carbocycles. The molecule has 0 spiro atoms. The molecular weight excluding hydrogens is 283 g/mol. The molecule has 0 bridgehead atoms. The van der Waals surface area contributed by atoms with Gasteiger partial charge in [-0.05, 0) is 18.6 Å². The molecule has 5 nitrogen and oxygen atoms in total. The third-order valence-electron chi connectivity index (χ3n) is 2.08. The Labute approximate surface area is 109 Å². The highest BCUT2D eigenvalue weighted by Crippen LogP contribution is 2.18. The van der Waals surface area contributed by atoms with Crippen LogP contribution in [0.15, 0.2) is 18.2 Å². The van der Waals surface area contributed by atoms with Crippen molar-refractivity contribution >= 4 is 27.5 Å². The number of carbonyl (C=O) groups is 1. The molecule has 100 valence electrons. The van der Waals surface area contributed by atoms with Gasteiger partial charge in [-0.3, -0.25) is 4.79 Å². The number of rotatable bonds is 5. The molecule has 0 atom stereocenters. The van der Waals surface area contributed by atoms with E-state index in [-0.39, 0.29) is 29.3 Å². The third-order valence-corrected chi connectivity index (χ3v) is 3.25. The van der Waals surface area contributed by atoms with Gasteiger partial charge < -0.3 is 5.32 Å². The Balaban J connectivity index is 2.56. The predicted octanol–water partition coefficient (Wildman–Crippen LogP) is 0.888. The Morgan fingerprint density at radius 2 is 2.11 bits per heavy atom. The maximum atomic E-state index is 13.3. The number of amides is 1. The van der Waals surface area contributed by atoms with Crippen molar-refractivity contribution in [3.63, 3.8) is 0 Å². The maximum absolute atomic E-state index is 13.3. The van der Waals surface area contributed by atoms with Gasteiger partial charge in [-0.1, -0.05) is 17.7 Å². The van der Waals surface area contributed by atoms with Gasteiger partial charge in [0.25, 0.3) is 5.91 Å². The Kier molecular flexibility index (Phi) is 5.06. The molecule has 3 N–H and O–H groups in total. The summed E-state index contributed by atoms with van der Waals surface area (Å²) in [5, 5.41) is 7.16. The fraction of sp³-hybridized carbons (Fsp3) is 0.300. The molecule has 0 radical (unpaired) electrons. The number of carbonyl (C=O) groups excluding carboxylic acids is 1. The number of benzene rings is 1. The van der Waals surface area contributed by atoms with E-state index in [1.165, 1.54) is 12.1 Å². The van der Waals surface area contributed by atoms with E-state index in [1.54, 1.807) is 0 Å². The number of nitrogens with one attached hydrogen (secondary N) is 1. The Morgan fingerprint density at radius 3 is 2.67 bits per heavy atom. The lowest BCUT2D eigenvalue weighted by atomic mass is 10.2. The first-order valence-corrected chi connectivity index (χ1v) is 7.13. The minimum absolute atomic E-state index is 0.000976. The molecule has 0 aromatic heterocycles. The van der Waals surface area contributed by atoms with Crippen LogP contribution in [0.3, 0.4) is 0 Å². The van der Waals surface area contributed by atoms with Crippen molar-refractivity contribution < 1.29 is 17.6 Å². The van der Waals surface area contributed by atoms with Gasteiger partial charge in [-0.2, -0.15) is 0 Å². The van der Waals surface area contributed by atoms with Crippen molar-refractivity contribution in [3.05, 3.63) is 34.6 Å². The summed E-state index contributed by atoms with van der Waals surface area (Å²) in [5.41, 5.74) is -0.255. The normalized spacial score (nSPS) is 11.3.